The van der Waals surface area contributed by atoms with Crippen molar-refractivity contribution in [1.82, 2.24) is 0 Å². The van der Waals surface area contributed by atoms with Crippen molar-refractivity contribution in [3.63, 3.8) is 0 Å². The van der Waals surface area contributed by atoms with Crippen molar-refractivity contribution in [3.05, 3.63) is 29.8 Å². The van der Waals surface area contributed by atoms with Crippen LogP contribution < -0.4 is 5.73 Å². The van der Waals surface area contributed by atoms with E-state index in [4.69, 9.17) is 12.2 Å². The Hall–Kier alpha value is -1.75. The van der Waals surface area contributed by atoms with E-state index < -0.39 is 0 Å². The Labute approximate surface area is 77.8 Å². The Morgan fingerprint density at radius 2 is 2.31 bits per heavy atom. The monoisotopic (exact) mass is 173 g/mol. The van der Waals surface area contributed by atoms with Crippen LogP contribution in [0.5, 0.6) is 0 Å². The molecule has 0 saturated carbocycles. The Morgan fingerprint density at radius 3 is 2.92 bits per heavy atom. The van der Waals surface area contributed by atoms with Crippen molar-refractivity contribution in [1.29, 1.82) is 0 Å². The highest BCUT2D eigenvalue weighted by atomic mass is 16.1. The molecule has 2 N–H and O–H groups in total. The smallest absolute Gasteiger partial charge is 0.149 e. The maximum absolute atomic E-state index is 11.1. The molecule has 2 nitrogen and oxygen atoms in total. The summed E-state index contributed by atoms with van der Waals surface area (Å²) in [5, 5.41) is 0. The second-order valence-electron chi connectivity index (χ2n) is 2.84. The first-order valence-corrected chi connectivity index (χ1v) is 4.02. The molecule has 0 atom stereocenters. The summed E-state index contributed by atoms with van der Waals surface area (Å²) in [6, 6.07) is 7.27. The number of nitrogens with two attached hydrogens (primary N) is 1. The quantitative estimate of drug-likeness (QED) is 0.554. The van der Waals surface area contributed by atoms with Crippen LogP contribution in [0.15, 0.2) is 24.3 Å². The van der Waals surface area contributed by atoms with Gasteiger partial charge in [-0.05, 0) is 17.7 Å². The Balaban J connectivity index is 2.65. The van der Waals surface area contributed by atoms with Crippen molar-refractivity contribution in [2.24, 2.45) is 0 Å². The minimum atomic E-state index is 0.0492. The van der Waals surface area contributed by atoms with Gasteiger partial charge in [0, 0.05) is 12.1 Å². The minimum absolute atomic E-state index is 0.0492. The van der Waals surface area contributed by atoms with Gasteiger partial charge in [0.25, 0.3) is 0 Å². The third kappa shape index (κ3) is 3.00. The van der Waals surface area contributed by atoms with Crippen LogP contribution >= 0.6 is 0 Å². The molecule has 0 fully saturated rings. The molecule has 0 heterocycles. The van der Waals surface area contributed by atoms with Gasteiger partial charge in [0.1, 0.15) is 5.78 Å². The third-order valence-electron chi connectivity index (χ3n) is 1.65. The number of hydrogen-bond acceptors (Lipinski definition) is 2. The van der Waals surface area contributed by atoms with Gasteiger partial charge in [0.2, 0.25) is 0 Å². The number of rotatable bonds is 3. The number of ketones is 1. The van der Waals surface area contributed by atoms with Gasteiger partial charge in [-0.15, -0.1) is 6.42 Å². The van der Waals surface area contributed by atoms with E-state index in [0.29, 0.717) is 12.1 Å². The SMILES string of the molecule is C#CCC(=O)Cc1cccc(N)c1. The van der Waals surface area contributed by atoms with E-state index in [0.717, 1.165) is 5.56 Å². The van der Waals surface area contributed by atoms with E-state index in [1.165, 1.54) is 0 Å². The summed E-state index contributed by atoms with van der Waals surface area (Å²) in [5.41, 5.74) is 7.15. The molecule has 0 aliphatic rings. The summed E-state index contributed by atoms with van der Waals surface area (Å²) in [4.78, 5) is 11.1. The lowest BCUT2D eigenvalue weighted by atomic mass is 10.1. The molecule has 13 heavy (non-hydrogen) atoms. The van der Waals surface area contributed by atoms with Crippen LogP contribution in [0, 0.1) is 12.3 Å². The molecule has 66 valence electrons. The fraction of sp³-hybridized carbons (Fsp3) is 0.182. The zero-order valence-electron chi connectivity index (χ0n) is 7.29. The van der Waals surface area contributed by atoms with Gasteiger partial charge < -0.3 is 5.73 Å². The highest BCUT2D eigenvalue weighted by molar-refractivity contribution is 5.83. The van der Waals surface area contributed by atoms with Gasteiger partial charge in [-0.25, -0.2) is 0 Å². The summed E-state index contributed by atoms with van der Waals surface area (Å²) in [5.74, 6) is 2.37. The number of anilines is 1. The van der Waals surface area contributed by atoms with Crippen LogP contribution in [0.4, 0.5) is 5.69 Å². The van der Waals surface area contributed by atoms with Crippen molar-refractivity contribution in [2.75, 3.05) is 5.73 Å². The molecule has 0 unspecified atom stereocenters. The van der Waals surface area contributed by atoms with Crippen LogP contribution in [0.1, 0.15) is 12.0 Å². The first-order chi connectivity index (χ1) is 6.22. The number of hydrogen-bond donors (Lipinski definition) is 1. The number of carbonyl (C=O) groups excluding carboxylic acids is 1. The van der Waals surface area contributed by atoms with Crippen molar-refractivity contribution < 1.29 is 4.79 Å². The Morgan fingerprint density at radius 1 is 1.54 bits per heavy atom. The molecular formula is C11H11NO. The van der Waals surface area contributed by atoms with Gasteiger partial charge in [-0.1, -0.05) is 18.1 Å². The van der Waals surface area contributed by atoms with Gasteiger partial charge in [0.05, 0.1) is 6.42 Å². The van der Waals surface area contributed by atoms with E-state index in [-0.39, 0.29) is 12.2 Å². The first-order valence-electron chi connectivity index (χ1n) is 4.02. The zero-order chi connectivity index (χ0) is 9.68. The molecule has 0 aliphatic carbocycles. The second kappa shape index (κ2) is 4.32. The lowest BCUT2D eigenvalue weighted by molar-refractivity contribution is -0.117. The molecular weight excluding hydrogens is 162 g/mol. The van der Waals surface area contributed by atoms with E-state index >= 15 is 0 Å². The normalized spacial score (nSPS) is 9.15. The molecule has 0 bridgehead atoms. The topological polar surface area (TPSA) is 43.1 Å². The van der Waals surface area contributed by atoms with Gasteiger partial charge in [-0.2, -0.15) is 0 Å². The molecule has 1 rings (SSSR count). The van der Waals surface area contributed by atoms with E-state index in [9.17, 15) is 4.79 Å². The molecule has 1 aromatic rings. The summed E-state index contributed by atoms with van der Waals surface area (Å²) >= 11 is 0. The van der Waals surface area contributed by atoms with E-state index in [1.807, 2.05) is 12.1 Å². The largest absolute Gasteiger partial charge is 0.399 e. The van der Waals surface area contributed by atoms with Crippen molar-refractivity contribution >= 4 is 11.5 Å². The van der Waals surface area contributed by atoms with Gasteiger partial charge in [-0.3, -0.25) is 4.79 Å². The van der Waals surface area contributed by atoms with Crippen molar-refractivity contribution in [2.45, 2.75) is 12.8 Å². The highest BCUT2D eigenvalue weighted by Gasteiger charge is 2.01. The number of benzene rings is 1. The van der Waals surface area contributed by atoms with Crippen LogP contribution in [0.3, 0.4) is 0 Å². The molecule has 0 radical (unpaired) electrons. The lowest BCUT2D eigenvalue weighted by Gasteiger charge is -1.99. The molecule has 2 heteroatoms. The third-order valence-corrected chi connectivity index (χ3v) is 1.65. The van der Waals surface area contributed by atoms with E-state index in [2.05, 4.69) is 5.92 Å². The zero-order valence-corrected chi connectivity index (χ0v) is 7.29. The minimum Gasteiger partial charge on any atom is -0.399 e. The van der Waals surface area contributed by atoms with Crippen LogP contribution in [-0.4, -0.2) is 5.78 Å². The molecule has 1 aromatic carbocycles. The fourth-order valence-electron chi connectivity index (χ4n) is 1.11. The number of carbonyl (C=O) groups is 1. The molecule has 0 amide bonds. The summed E-state index contributed by atoms with van der Waals surface area (Å²) < 4.78 is 0. The maximum Gasteiger partial charge on any atom is 0.149 e. The first kappa shape index (κ1) is 9.34. The molecule has 0 spiro atoms. The predicted octanol–water partition coefficient (Wildman–Crippen LogP) is 1.40. The Bertz CT molecular complexity index is 349. The summed E-state index contributed by atoms with van der Waals surface area (Å²) in [6.45, 7) is 0. The molecule has 0 aliphatic heterocycles. The highest BCUT2D eigenvalue weighted by Crippen LogP contribution is 2.07. The van der Waals surface area contributed by atoms with Crippen LogP contribution in [0.25, 0.3) is 0 Å². The molecule has 0 aromatic heterocycles. The summed E-state index contributed by atoms with van der Waals surface area (Å²) in [7, 11) is 0. The lowest BCUT2D eigenvalue weighted by Crippen LogP contribution is -2.01. The number of nitrogen functional groups attached to an aromatic ring is 1. The van der Waals surface area contributed by atoms with Crippen LogP contribution in [-0.2, 0) is 11.2 Å². The van der Waals surface area contributed by atoms with Crippen molar-refractivity contribution in [3.8, 4) is 12.3 Å². The molecule has 0 saturated heterocycles. The van der Waals surface area contributed by atoms with E-state index in [1.54, 1.807) is 12.1 Å². The number of Topliss-reactive ketones (excluding diaryl/α,β-unsaturated/α-hetero) is 1. The Kier molecular flexibility index (Phi) is 3.10. The maximum atomic E-state index is 11.1. The fourth-order valence-corrected chi connectivity index (χ4v) is 1.11. The van der Waals surface area contributed by atoms with Gasteiger partial charge in [0.15, 0.2) is 0 Å². The average Bonchev–Trinajstić information content (AvgIpc) is 2.04. The average molecular weight is 173 g/mol. The standard InChI is InChI=1S/C11H11NO/c1-2-4-11(13)8-9-5-3-6-10(12)7-9/h1,3,5-7H,4,8,12H2. The van der Waals surface area contributed by atoms with Gasteiger partial charge >= 0.3 is 0 Å². The predicted molar refractivity (Wildman–Crippen MR) is 53.0 cm³/mol. The number of terminal acetylenes is 1. The second-order valence-corrected chi connectivity index (χ2v) is 2.84. The summed E-state index contributed by atoms with van der Waals surface area (Å²) in [6.07, 6.45) is 5.58. The van der Waals surface area contributed by atoms with Crippen LogP contribution in [0.2, 0.25) is 0 Å².